The molecule has 226 valence electrons. The third-order valence-electron chi connectivity index (χ3n) is 8.97. The van der Waals surface area contributed by atoms with E-state index in [-0.39, 0.29) is 12.6 Å². The van der Waals surface area contributed by atoms with Crippen molar-refractivity contribution in [3.63, 3.8) is 0 Å². The second kappa shape index (κ2) is 13.4. The van der Waals surface area contributed by atoms with Crippen molar-refractivity contribution in [1.29, 1.82) is 0 Å². The van der Waals surface area contributed by atoms with Crippen LogP contribution in [0.4, 0.5) is 0 Å². The molecule has 5 rings (SSSR count). The molecule has 4 aromatic carbocycles. The van der Waals surface area contributed by atoms with Gasteiger partial charge in [0.15, 0.2) is 17.3 Å². The van der Waals surface area contributed by atoms with Crippen LogP contribution >= 0.6 is 0 Å². The van der Waals surface area contributed by atoms with E-state index in [4.69, 9.17) is 9.47 Å². The van der Waals surface area contributed by atoms with Gasteiger partial charge >= 0.3 is 0 Å². The van der Waals surface area contributed by atoms with Crippen molar-refractivity contribution in [2.75, 3.05) is 6.79 Å². The zero-order valence-corrected chi connectivity index (χ0v) is 26.8. The van der Waals surface area contributed by atoms with E-state index in [1.54, 1.807) is 6.92 Å². The minimum Gasteiger partial charge on any atom is -0.454 e. The van der Waals surface area contributed by atoms with Crippen LogP contribution in [0.15, 0.2) is 97.1 Å². The lowest BCUT2D eigenvalue weighted by Crippen LogP contribution is -2.14. The van der Waals surface area contributed by atoms with Gasteiger partial charge in [0, 0.05) is 17.8 Å². The summed E-state index contributed by atoms with van der Waals surface area (Å²) < 4.78 is 11.0. The van der Waals surface area contributed by atoms with Crippen molar-refractivity contribution in [2.24, 2.45) is 5.92 Å². The first-order chi connectivity index (χ1) is 21.1. The smallest absolute Gasteiger partial charge is 0.231 e. The number of ketones is 1. The second-order valence-electron chi connectivity index (χ2n) is 12.2. The zero-order valence-electron chi connectivity index (χ0n) is 26.8. The molecule has 2 atom stereocenters. The predicted octanol–water partition coefficient (Wildman–Crippen LogP) is 9.84. The van der Waals surface area contributed by atoms with E-state index >= 15 is 0 Å². The number of hydrogen-bond donors (Lipinski definition) is 1. The van der Waals surface area contributed by atoms with Gasteiger partial charge < -0.3 is 14.8 Å². The number of rotatable bonds is 11. The van der Waals surface area contributed by atoms with Gasteiger partial charge in [-0.1, -0.05) is 92.7 Å². The van der Waals surface area contributed by atoms with Crippen LogP contribution < -0.4 is 14.8 Å². The van der Waals surface area contributed by atoms with Crippen LogP contribution in [0, 0.1) is 5.92 Å². The van der Waals surface area contributed by atoms with Crippen LogP contribution in [0.25, 0.3) is 22.4 Å². The Morgan fingerprint density at radius 1 is 0.818 bits per heavy atom. The predicted molar refractivity (Wildman–Crippen MR) is 182 cm³/mol. The van der Waals surface area contributed by atoms with Crippen molar-refractivity contribution < 1.29 is 14.3 Å². The van der Waals surface area contributed by atoms with Crippen molar-refractivity contribution in [2.45, 2.75) is 60.4 Å². The first-order valence-electron chi connectivity index (χ1n) is 15.4. The molecular formula is C40H43NO3. The summed E-state index contributed by atoms with van der Waals surface area (Å²) in [5.41, 5.74) is 12.5. The van der Waals surface area contributed by atoms with Crippen LogP contribution in [0.3, 0.4) is 0 Å². The fourth-order valence-electron chi connectivity index (χ4n) is 5.81. The van der Waals surface area contributed by atoms with Gasteiger partial charge in [0.05, 0.1) is 0 Å². The topological polar surface area (TPSA) is 47.6 Å². The molecule has 4 nitrogen and oxygen atoms in total. The lowest BCUT2D eigenvalue weighted by molar-refractivity contribution is 0.101. The molecule has 0 spiro atoms. The summed E-state index contributed by atoms with van der Waals surface area (Å²) in [5.74, 6) is 2.44. The first-order valence-corrected chi connectivity index (χ1v) is 15.4. The van der Waals surface area contributed by atoms with E-state index < -0.39 is 0 Å². The number of carbonyl (C=O) groups excluding carboxylic acids is 1. The van der Waals surface area contributed by atoms with E-state index in [0.717, 1.165) is 51.4 Å². The molecule has 0 amide bonds. The molecule has 0 saturated carbocycles. The van der Waals surface area contributed by atoms with E-state index in [2.05, 4.69) is 95.0 Å². The minimum absolute atomic E-state index is 0.0877. The van der Waals surface area contributed by atoms with Crippen LogP contribution in [0.5, 0.6) is 11.5 Å². The highest BCUT2D eigenvalue weighted by Gasteiger charge is 2.20. The maximum absolute atomic E-state index is 12.1. The number of carbonyl (C=O) groups is 1. The molecule has 4 aromatic rings. The molecule has 1 aliphatic heterocycles. The Hall–Kier alpha value is -4.57. The van der Waals surface area contributed by atoms with Gasteiger partial charge in [-0.3, -0.25) is 4.79 Å². The summed E-state index contributed by atoms with van der Waals surface area (Å²) in [6, 6.07) is 29.3. The highest BCUT2D eigenvalue weighted by atomic mass is 16.7. The highest BCUT2D eigenvalue weighted by Crippen LogP contribution is 2.36. The molecule has 1 aliphatic rings. The molecule has 1 heterocycles. The lowest BCUT2D eigenvalue weighted by Gasteiger charge is -2.25. The second-order valence-corrected chi connectivity index (χ2v) is 12.2. The maximum atomic E-state index is 12.1. The number of ether oxygens (including phenoxy) is 2. The molecule has 0 aliphatic carbocycles. The minimum atomic E-state index is 0.0877. The Kier molecular flexibility index (Phi) is 9.39. The molecule has 1 N–H and O–H groups in total. The average Bonchev–Trinajstić information content (AvgIpc) is 3.51. The lowest BCUT2D eigenvalue weighted by atomic mass is 9.80. The number of allylic oxidation sites excluding steroid dienone is 2. The molecule has 0 fully saturated rings. The van der Waals surface area contributed by atoms with Gasteiger partial charge in [0.2, 0.25) is 6.79 Å². The van der Waals surface area contributed by atoms with E-state index in [9.17, 15) is 4.79 Å². The fourth-order valence-corrected chi connectivity index (χ4v) is 5.81. The van der Waals surface area contributed by atoms with Gasteiger partial charge in [-0.05, 0) is 109 Å². The van der Waals surface area contributed by atoms with Gasteiger partial charge in [0.25, 0.3) is 0 Å². The molecule has 0 bridgehead atoms. The van der Waals surface area contributed by atoms with Crippen molar-refractivity contribution in [3.8, 4) is 22.6 Å². The molecule has 0 saturated heterocycles. The van der Waals surface area contributed by atoms with Crippen LogP contribution in [-0.2, 0) is 13.0 Å². The number of nitrogens with one attached hydrogen (secondary N) is 1. The quantitative estimate of drug-likeness (QED) is 0.178. The van der Waals surface area contributed by atoms with Crippen molar-refractivity contribution in [1.82, 2.24) is 5.32 Å². The molecular weight excluding hydrogens is 542 g/mol. The summed E-state index contributed by atoms with van der Waals surface area (Å²) >= 11 is 0. The van der Waals surface area contributed by atoms with E-state index in [0.29, 0.717) is 18.4 Å². The monoisotopic (exact) mass is 585 g/mol. The summed E-state index contributed by atoms with van der Waals surface area (Å²) in [5, 5.41) is 3.51. The SMILES string of the molecule is C=C(NCc1ccc2c(c1)OCO2)c1ccc(C(C)C(C)Cc2ccc(-c3ccccc3C(C)=O)cc2)c(C(C)=C(C)C)c1. The Bertz CT molecular complexity index is 1710. The Labute approximate surface area is 262 Å². The van der Waals surface area contributed by atoms with E-state index in [1.165, 1.54) is 27.8 Å². The fraction of sp³-hybridized carbons (Fsp3) is 0.275. The third kappa shape index (κ3) is 6.81. The number of hydrogen-bond acceptors (Lipinski definition) is 4. The van der Waals surface area contributed by atoms with Crippen molar-refractivity contribution >= 4 is 17.1 Å². The largest absolute Gasteiger partial charge is 0.454 e. The third-order valence-corrected chi connectivity index (χ3v) is 8.97. The van der Waals surface area contributed by atoms with Gasteiger partial charge in [0.1, 0.15) is 0 Å². The number of benzene rings is 4. The summed E-state index contributed by atoms with van der Waals surface area (Å²) in [6.07, 6.45) is 0.967. The summed E-state index contributed by atoms with van der Waals surface area (Å²) in [4.78, 5) is 12.1. The Morgan fingerprint density at radius 3 is 2.25 bits per heavy atom. The van der Waals surface area contributed by atoms with Gasteiger partial charge in [-0.25, -0.2) is 0 Å². The van der Waals surface area contributed by atoms with Gasteiger partial charge in [-0.15, -0.1) is 0 Å². The Morgan fingerprint density at radius 2 is 1.52 bits per heavy atom. The molecule has 2 unspecified atom stereocenters. The normalized spacial score (nSPS) is 13.2. The number of Topliss-reactive ketones (excluding diaryl/α,β-unsaturated/α-hetero) is 1. The molecule has 44 heavy (non-hydrogen) atoms. The first kappa shape index (κ1) is 30.9. The average molecular weight is 586 g/mol. The van der Waals surface area contributed by atoms with Crippen molar-refractivity contribution in [3.05, 3.63) is 130 Å². The highest BCUT2D eigenvalue weighted by molar-refractivity contribution is 6.00. The number of fused-ring (bicyclic) bond motifs is 1. The molecule has 0 radical (unpaired) electrons. The summed E-state index contributed by atoms with van der Waals surface area (Å²) in [7, 11) is 0. The molecule has 4 heteroatoms. The van der Waals surface area contributed by atoms with E-state index in [1.807, 2.05) is 36.4 Å². The van der Waals surface area contributed by atoms with Crippen LogP contribution in [0.1, 0.15) is 85.6 Å². The van der Waals surface area contributed by atoms with Gasteiger partial charge in [-0.2, -0.15) is 0 Å². The van der Waals surface area contributed by atoms with Crippen LogP contribution in [0.2, 0.25) is 0 Å². The molecule has 0 aromatic heterocycles. The standard InChI is InChI=1S/C40H43NO3/c1-25(2)27(4)38-22-34(29(6)41-23-32-14-19-39-40(21-32)44-24-43-39)17-18-35(38)28(5)26(3)20-31-12-15-33(16-13-31)37-11-9-8-10-36(37)30(7)42/h8-19,21-22,26,28,41H,6,20,23-24H2,1-5,7H3. The summed E-state index contributed by atoms with van der Waals surface area (Å²) in [6.45, 7) is 18.2. The maximum Gasteiger partial charge on any atom is 0.231 e. The van der Waals surface area contributed by atoms with Crippen LogP contribution in [-0.4, -0.2) is 12.6 Å². The zero-order chi connectivity index (χ0) is 31.4. The Balaban J connectivity index is 1.31.